The van der Waals surface area contributed by atoms with Crippen LogP contribution in [0.2, 0.25) is 0 Å². The number of carbonyl (C=O) groups excluding carboxylic acids is 1. The lowest BCUT2D eigenvalue weighted by molar-refractivity contribution is -0.0462. The molecule has 0 spiro atoms. The van der Waals surface area contributed by atoms with Crippen LogP contribution in [0.3, 0.4) is 0 Å². The lowest BCUT2D eigenvalue weighted by atomic mass is 10.1. The molecule has 0 aliphatic carbocycles. The normalized spacial score (nSPS) is 11.0. The van der Waals surface area contributed by atoms with Gasteiger partial charge in [0, 0.05) is 12.1 Å². The number of amides is 1. The second-order valence-corrected chi connectivity index (χ2v) is 4.10. The van der Waals surface area contributed by atoms with Gasteiger partial charge in [-0.1, -0.05) is 0 Å². The van der Waals surface area contributed by atoms with Gasteiger partial charge in [0.25, 0.3) is 11.8 Å². The third-order valence-corrected chi connectivity index (χ3v) is 2.69. The molecule has 8 heteroatoms. The summed E-state index contributed by atoms with van der Waals surface area (Å²) in [5.41, 5.74) is 0.0175. The number of hydrogen-bond donors (Lipinski definition) is 2. The van der Waals surface area contributed by atoms with E-state index in [9.17, 15) is 13.6 Å². The average molecular weight is 305 g/mol. The zero-order chi connectivity index (χ0) is 16.0. The van der Waals surface area contributed by atoms with Gasteiger partial charge in [0.1, 0.15) is 12.4 Å². The first-order valence-corrected chi connectivity index (χ1v) is 5.95. The third-order valence-electron chi connectivity index (χ3n) is 2.69. The van der Waals surface area contributed by atoms with Crippen molar-refractivity contribution in [3.05, 3.63) is 17.7 Å². The van der Waals surface area contributed by atoms with Gasteiger partial charge in [0.05, 0.1) is 33.4 Å². The Morgan fingerprint density at radius 2 is 1.67 bits per heavy atom. The molecule has 0 radical (unpaired) electrons. The molecule has 0 atom stereocenters. The minimum atomic E-state index is -3.39. The highest BCUT2D eigenvalue weighted by Gasteiger charge is 2.29. The van der Waals surface area contributed by atoms with Crippen LogP contribution < -0.4 is 19.5 Å². The molecule has 1 aromatic rings. The van der Waals surface area contributed by atoms with Crippen LogP contribution in [0, 0.1) is 0 Å². The van der Waals surface area contributed by atoms with Gasteiger partial charge in [-0.3, -0.25) is 4.79 Å². The van der Waals surface area contributed by atoms with Crippen LogP contribution in [0.4, 0.5) is 8.78 Å². The van der Waals surface area contributed by atoms with Crippen LogP contribution in [-0.4, -0.2) is 51.4 Å². The molecule has 0 fully saturated rings. The fourth-order valence-corrected chi connectivity index (χ4v) is 1.57. The summed E-state index contributed by atoms with van der Waals surface area (Å²) in [4.78, 5) is 12.0. The fraction of sp³-hybridized carbons (Fsp3) is 0.462. The monoisotopic (exact) mass is 305 g/mol. The quantitative estimate of drug-likeness (QED) is 0.788. The topological polar surface area (TPSA) is 77.0 Å². The van der Waals surface area contributed by atoms with Gasteiger partial charge in [-0.05, 0) is 0 Å². The second-order valence-electron chi connectivity index (χ2n) is 4.10. The summed E-state index contributed by atoms with van der Waals surface area (Å²) in [7, 11) is 4.13. The van der Waals surface area contributed by atoms with E-state index in [0.29, 0.717) is 5.75 Å². The molecule has 0 aliphatic heterocycles. The molecular weight excluding hydrogens is 288 g/mol. The number of methoxy groups -OCH3 is 3. The number of aliphatic hydroxyl groups excluding tert-OH is 1. The zero-order valence-electron chi connectivity index (χ0n) is 11.9. The van der Waals surface area contributed by atoms with Crippen LogP contribution in [0.5, 0.6) is 17.2 Å². The maximum atomic E-state index is 12.9. The number of halogens is 2. The maximum Gasteiger partial charge on any atom is 0.287 e. The average Bonchev–Trinajstić information content (AvgIpc) is 2.51. The zero-order valence-corrected chi connectivity index (χ0v) is 11.9. The first-order valence-electron chi connectivity index (χ1n) is 5.95. The number of rotatable bonds is 7. The minimum absolute atomic E-state index is 0.0175. The van der Waals surface area contributed by atoms with Gasteiger partial charge in [0.2, 0.25) is 0 Å². The van der Waals surface area contributed by atoms with Gasteiger partial charge in [-0.15, -0.1) is 0 Å². The predicted molar refractivity (Wildman–Crippen MR) is 70.5 cm³/mol. The lowest BCUT2D eigenvalue weighted by Crippen LogP contribution is -2.39. The molecule has 2 N–H and O–H groups in total. The molecule has 1 amide bonds. The van der Waals surface area contributed by atoms with Gasteiger partial charge in [0.15, 0.2) is 11.5 Å². The van der Waals surface area contributed by atoms with Crippen molar-refractivity contribution in [2.75, 3.05) is 34.5 Å². The molecule has 0 aliphatic rings. The Hall–Kier alpha value is -2.09. The Balaban J connectivity index is 3.02. The Kier molecular flexibility index (Phi) is 5.71. The van der Waals surface area contributed by atoms with E-state index in [0.717, 1.165) is 0 Å². The Morgan fingerprint density at radius 3 is 2.14 bits per heavy atom. The van der Waals surface area contributed by atoms with Crippen LogP contribution in [0.1, 0.15) is 10.4 Å². The number of carbonyl (C=O) groups is 1. The second kappa shape index (κ2) is 7.07. The van der Waals surface area contributed by atoms with Gasteiger partial charge in [-0.2, -0.15) is 0 Å². The van der Waals surface area contributed by atoms with Crippen molar-refractivity contribution in [1.29, 1.82) is 0 Å². The van der Waals surface area contributed by atoms with E-state index in [2.05, 4.69) is 0 Å². The van der Waals surface area contributed by atoms with Crippen LogP contribution in [0.25, 0.3) is 0 Å². The van der Waals surface area contributed by atoms with E-state index in [1.807, 2.05) is 5.32 Å². The molecule has 0 heterocycles. The predicted octanol–water partition coefficient (Wildman–Crippen LogP) is 1.07. The summed E-state index contributed by atoms with van der Waals surface area (Å²) in [6.07, 6.45) is 0. The van der Waals surface area contributed by atoms with Crippen LogP contribution >= 0.6 is 0 Å². The molecule has 0 bridgehead atoms. The molecule has 1 aromatic carbocycles. The van der Waals surface area contributed by atoms with Crippen molar-refractivity contribution >= 4 is 5.91 Å². The highest BCUT2D eigenvalue weighted by atomic mass is 19.3. The maximum absolute atomic E-state index is 12.9. The summed E-state index contributed by atoms with van der Waals surface area (Å²) >= 11 is 0. The standard InChI is InChI=1S/C13H17F2NO5/c1-19-9-5-11(21-3)10(20-2)4-8(9)12(18)16-6-13(14,15)7-17/h4-5,17H,6-7H2,1-3H3,(H,16,18). The Bertz CT molecular complexity index is 508. The number of nitrogens with one attached hydrogen (secondary N) is 1. The van der Waals surface area contributed by atoms with Crippen molar-refractivity contribution in [1.82, 2.24) is 5.32 Å². The lowest BCUT2D eigenvalue weighted by Gasteiger charge is -2.16. The van der Waals surface area contributed by atoms with Crippen molar-refractivity contribution < 1.29 is 32.9 Å². The summed E-state index contributed by atoms with van der Waals surface area (Å²) in [6, 6.07) is 2.74. The number of aliphatic hydroxyl groups is 1. The Morgan fingerprint density at radius 1 is 1.14 bits per heavy atom. The molecular formula is C13H17F2NO5. The minimum Gasteiger partial charge on any atom is -0.496 e. The van der Waals surface area contributed by atoms with Gasteiger partial charge in [-0.25, -0.2) is 8.78 Å². The highest BCUT2D eigenvalue weighted by molar-refractivity contribution is 5.97. The van der Waals surface area contributed by atoms with E-state index in [-0.39, 0.29) is 17.1 Å². The van der Waals surface area contributed by atoms with Crippen molar-refractivity contribution in [3.63, 3.8) is 0 Å². The summed E-state index contributed by atoms with van der Waals surface area (Å²) in [5, 5.41) is 10.5. The smallest absolute Gasteiger partial charge is 0.287 e. The van der Waals surface area contributed by atoms with E-state index >= 15 is 0 Å². The summed E-state index contributed by atoms with van der Waals surface area (Å²) in [6.45, 7) is -2.34. The molecule has 0 unspecified atom stereocenters. The first-order chi connectivity index (χ1) is 9.88. The first kappa shape index (κ1) is 17.0. The highest BCUT2D eigenvalue weighted by Crippen LogP contribution is 2.34. The molecule has 0 aromatic heterocycles. The number of ether oxygens (including phenoxy) is 3. The van der Waals surface area contributed by atoms with Crippen molar-refractivity contribution in [3.8, 4) is 17.2 Å². The molecule has 21 heavy (non-hydrogen) atoms. The summed E-state index contributed by atoms with van der Waals surface area (Å²) < 4.78 is 41.0. The van der Waals surface area contributed by atoms with Gasteiger partial charge < -0.3 is 24.6 Å². The largest absolute Gasteiger partial charge is 0.496 e. The van der Waals surface area contributed by atoms with Gasteiger partial charge >= 0.3 is 0 Å². The third kappa shape index (κ3) is 4.19. The number of alkyl halides is 2. The fourth-order valence-electron chi connectivity index (χ4n) is 1.57. The van der Waals surface area contributed by atoms with E-state index in [1.165, 1.54) is 33.5 Å². The van der Waals surface area contributed by atoms with Crippen LogP contribution in [-0.2, 0) is 0 Å². The SMILES string of the molecule is COc1cc(OC)c(C(=O)NCC(F)(F)CO)cc1OC. The van der Waals surface area contributed by atoms with Crippen molar-refractivity contribution in [2.24, 2.45) is 0 Å². The van der Waals surface area contributed by atoms with E-state index in [1.54, 1.807) is 0 Å². The van der Waals surface area contributed by atoms with Crippen LogP contribution in [0.15, 0.2) is 12.1 Å². The van der Waals surface area contributed by atoms with Crippen molar-refractivity contribution in [2.45, 2.75) is 5.92 Å². The van der Waals surface area contributed by atoms with E-state index in [4.69, 9.17) is 19.3 Å². The summed E-state index contributed by atoms with van der Waals surface area (Å²) in [5.74, 6) is -3.42. The molecule has 0 saturated carbocycles. The van der Waals surface area contributed by atoms with E-state index < -0.39 is 25.0 Å². The molecule has 6 nitrogen and oxygen atoms in total. The number of hydrogen-bond acceptors (Lipinski definition) is 5. The molecule has 0 saturated heterocycles. The molecule has 118 valence electrons. The Labute approximate surface area is 120 Å². The number of benzene rings is 1. The molecule has 1 rings (SSSR count).